The lowest BCUT2D eigenvalue weighted by molar-refractivity contribution is 0.0600. The van der Waals surface area contributed by atoms with Crippen LogP contribution in [0.4, 0.5) is 5.69 Å². The van der Waals surface area contributed by atoms with E-state index in [4.69, 9.17) is 21.1 Å². The van der Waals surface area contributed by atoms with Crippen LogP contribution in [0.15, 0.2) is 60.7 Å². The van der Waals surface area contributed by atoms with Crippen LogP contribution in [0.25, 0.3) is 0 Å². The van der Waals surface area contributed by atoms with Crippen LogP contribution in [-0.4, -0.2) is 25.6 Å². The maximum atomic E-state index is 12.6. The Morgan fingerprint density at radius 1 is 1.07 bits per heavy atom. The molecule has 1 amide bonds. The number of hydrogen-bond donors (Lipinski definition) is 1. The summed E-state index contributed by atoms with van der Waals surface area (Å²) < 4.78 is 16.4. The molecule has 0 spiro atoms. The van der Waals surface area contributed by atoms with E-state index in [-0.39, 0.29) is 5.91 Å². The predicted octanol–water partition coefficient (Wildman–Crippen LogP) is 5.11. The molecule has 4 rings (SSSR count). The fraction of sp³-hybridized carbons (Fsp3) is 0.130. The van der Waals surface area contributed by atoms with Gasteiger partial charge in [-0.1, -0.05) is 23.7 Å². The lowest BCUT2D eigenvalue weighted by Crippen LogP contribution is -2.13. The first-order valence-electron chi connectivity index (χ1n) is 9.27. The Kier molecular flexibility index (Phi) is 5.59. The molecule has 1 aliphatic heterocycles. The van der Waals surface area contributed by atoms with Crippen molar-refractivity contribution in [2.75, 3.05) is 19.0 Å². The summed E-state index contributed by atoms with van der Waals surface area (Å²) in [7, 11) is 1.33. The van der Waals surface area contributed by atoms with Gasteiger partial charge in [-0.3, -0.25) is 4.79 Å². The van der Waals surface area contributed by atoms with Crippen molar-refractivity contribution < 1.29 is 23.8 Å². The second-order valence-corrected chi connectivity index (χ2v) is 7.04. The van der Waals surface area contributed by atoms with Crippen LogP contribution in [0.3, 0.4) is 0 Å². The van der Waals surface area contributed by atoms with Crippen molar-refractivity contribution in [3.8, 4) is 17.2 Å². The predicted molar refractivity (Wildman–Crippen MR) is 113 cm³/mol. The number of methoxy groups -OCH3 is 1. The molecule has 0 radical (unpaired) electrons. The summed E-state index contributed by atoms with van der Waals surface area (Å²) in [5, 5.41) is 3.42. The highest BCUT2D eigenvalue weighted by molar-refractivity contribution is 6.31. The van der Waals surface area contributed by atoms with Gasteiger partial charge >= 0.3 is 5.97 Å². The van der Waals surface area contributed by atoms with Gasteiger partial charge in [0.25, 0.3) is 5.91 Å². The molecule has 0 bridgehead atoms. The highest BCUT2D eigenvalue weighted by Crippen LogP contribution is 2.40. The Balaban J connectivity index is 1.51. The van der Waals surface area contributed by atoms with Crippen LogP contribution in [0.1, 0.15) is 26.3 Å². The van der Waals surface area contributed by atoms with Crippen LogP contribution in [0.5, 0.6) is 17.2 Å². The molecule has 6 nitrogen and oxygen atoms in total. The van der Waals surface area contributed by atoms with E-state index < -0.39 is 5.97 Å². The van der Waals surface area contributed by atoms with Gasteiger partial charge in [-0.2, -0.15) is 0 Å². The Bertz CT molecular complexity index is 1110. The second kappa shape index (κ2) is 8.47. The highest BCUT2D eigenvalue weighted by atomic mass is 35.5. The molecule has 0 atom stereocenters. The summed E-state index contributed by atoms with van der Waals surface area (Å²) >= 11 is 6.28. The number of benzene rings is 3. The fourth-order valence-electron chi connectivity index (χ4n) is 3.18. The minimum absolute atomic E-state index is 0.243. The number of halogens is 1. The van der Waals surface area contributed by atoms with Gasteiger partial charge in [0.1, 0.15) is 11.5 Å². The standard InChI is InChI=1S/C23H18ClNO5/c1-28-23(27)14-6-8-17(9-7-14)29-11-10-15-12-16(24)13-20-21(15)25-22(26)18-4-2-3-5-19(18)30-20/h2-9,12-13H,10-11H2,1H3,(H,25,26). The molecular weight excluding hydrogens is 406 g/mol. The Morgan fingerprint density at radius 3 is 2.60 bits per heavy atom. The number of anilines is 1. The van der Waals surface area contributed by atoms with E-state index >= 15 is 0 Å². The molecule has 3 aromatic carbocycles. The van der Waals surface area contributed by atoms with Gasteiger partial charge in [0, 0.05) is 17.5 Å². The number of nitrogens with one attached hydrogen (secondary N) is 1. The molecular formula is C23H18ClNO5. The quantitative estimate of drug-likeness (QED) is 0.577. The SMILES string of the molecule is COC(=O)c1ccc(OCCc2cc(Cl)cc3c2NC(=O)c2ccccc2O3)cc1. The number of rotatable bonds is 5. The van der Waals surface area contributed by atoms with Crippen LogP contribution in [-0.2, 0) is 11.2 Å². The van der Waals surface area contributed by atoms with Gasteiger partial charge in [0.2, 0.25) is 0 Å². The first kappa shape index (κ1) is 19.8. The molecule has 0 saturated carbocycles. The number of amides is 1. The largest absolute Gasteiger partial charge is 0.493 e. The summed E-state index contributed by atoms with van der Waals surface area (Å²) in [6, 6.07) is 17.2. The molecule has 0 aromatic heterocycles. The Hall–Kier alpha value is -3.51. The molecule has 7 heteroatoms. The summed E-state index contributed by atoms with van der Waals surface area (Å²) in [5.41, 5.74) is 2.28. The zero-order valence-corrected chi connectivity index (χ0v) is 16.9. The third-order valence-electron chi connectivity index (χ3n) is 4.65. The number of ether oxygens (including phenoxy) is 3. The van der Waals surface area contributed by atoms with E-state index in [1.54, 1.807) is 54.6 Å². The van der Waals surface area contributed by atoms with E-state index in [2.05, 4.69) is 10.1 Å². The smallest absolute Gasteiger partial charge is 0.337 e. The minimum atomic E-state index is -0.403. The van der Waals surface area contributed by atoms with Crippen molar-refractivity contribution in [3.63, 3.8) is 0 Å². The van der Waals surface area contributed by atoms with Crippen molar-refractivity contribution >= 4 is 29.2 Å². The van der Waals surface area contributed by atoms with Crippen molar-refractivity contribution in [3.05, 3.63) is 82.4 Å². The van der Waals surface area contributed by atoms with Crippen LogP contribution >= 0.6 is 11.6 Å². The Morgan fingerprint density at radius 2 is 1.83 bits per heavy atom. The molecule has 1 heterocycles. The van der Waals surface area contributed by atoms with E-state index in [1.807, 2.05) is 6.07 Å². The highest BCUT2D eigenvalue weighted by Gasteiger charge is 2.23. The summed E-state index contributed by atoms with van der Waals surface area (Å²) in [5.74, 6) is 0.928. The van der Waals surface area contributed by atoms with Crippen molar-refractivity contribution in [2.45, 2.75) is 6.42 Å². The van der Waals surface area contributed by atoms with E-state index in [1.165, 1.54) is 7.11 Å². The van der Waals surface area contributed by atoms with Crippen LogP contribution in [0.2, 0.25) is 5.02 Å². The van der Waals surface area contributed by atoms with Gasteiger partial charge in [0.15, 0.2) is 5.75 Å². The van der Waals surface area contributed by atoms with Crippen LogP contribution in [0, 0.1) is 0 Å². The summed E-state index contributed by atoms with van der Waals surface area (Å²) in [6.45, 7) is 0.340. The fourth-order valence-corrected chi connectivity index (χ4v) is 3.41. The number of hydrogen-bond acceptors (Lipinski definition) is 5. The van der Waals surface area contributed by atoms with Crippen molar-refractivity contribution in [1.82, 2.24) is 0 Å². The number of carbonyl (C=O) groups is 2. The molecule has 1 aliphatic rings. The lowest BCUT2D eigenvalue weighted by atomic mass is 10.1. The van der Waals surface area contributed by atoms with Gasteiger partial charge in [-0.15, -0.1) is 0 Å². The molecule has 0 aliphatic carbocycles. The molecule has 1 N–H and O–H groups in total. The van der Waals surface area contributed by atoms with Gasteiger partial charge < -0.3 is 19.5 Å². The molecule has 0 unspecified atom stereocenters. The lowest BCUT2D eigenvalue weighted by Gasteiger charge is -2.14. The number of esters is 1. The first-order valence-corrected chi connectivity index (χ1v) is 9.65. The monoisotopic (exact) mass is 423 g/mol. The average Bonchev–Trinajstić information content (AvgIpc) is 2.89. The normalized spacial score (nSPS) is 12.0. The van der Waals surface area contributed by atoms with Gasteiger partial charge in [-0.05, 0) is 48.0 Å². The zero-order valence-electron chi connectivity index (χ0n) is 16.1. The molecule has 3 aromatic rings. The topological polar surface area (TPSA) is 73.9 Å². The molecule has 30 heavy (non-hydrogen) atoms. The van der Waals surface area contributed by atoms with Crippen molar-refractivity contribution in [2.24, 2.45) is 0 Å². The summed E-state index contributed by atoms with van der Waals surface area (Å²) in [4.78, 5) is 24.1. The minimum Gasteiger partial charge on any atom is -0.493 e. The van der Waals surface area contributed by atoms with E-state index in [0.717, 1.165) is 5.56 Å². The first-order chi connectivity index (χ1) is 14.5. The van der Waals surface area contributed by atoms with E-state index in [0.29, 0.717) is 52.1 Å². The maximum absolute atomic E-state index is 12.6. The third-order valence-corrected chi connectivity index (χ3v) is 4.87. The third kappa shape index (κ3) is 4.09. The van der Waals surface area contributed by atoms with E-state index in [9.17, 15) is 9.59 Å². The Labute approximate surface area is 178 Å². The number of fused-ring (bicyclic) bond motifs is 2. The summed E-state index contributed by atoms with van der Waals surface area (Å²) in [6.07, 6.45) is 0.488. The molecule has 152 valence electrons. The maximum Gasteiger partial charge on any atom is 0.337 e. The zero-order chi connectivity index (χ0) is 21.1. The van der Waals surface area contributed by atoms with Crippen LogP contribution < -0.4 is 14.8 Å². The van der Waals surface area contributed by atoms with Gasteiger partial charge in [-0.25, -0.2) is 4.79 Å². The molecule has 0 saturated heterocycles. The number of para-hydroxylation sites is 1. The van der Waals surface area contributed by atoms with Gasteiger partial charge in [0.05, 0.1) is 30.5 Å². The second-order valence-electron chi connectivity index (χ2n) is 6.60. The number of carbonyl (C=O) groups excluding carboxylic acids is 2. The average molecular weight is 424 g/mol. The molecule has 0 fully saturated rings. The van der Waals surface area contributed by atoms with Crippen molar-refractivity contribution in [1.29, 1.82) is 0 Å².